The molecule has 0 aromatic heterocycles. The minimum Gasteiger partial charge on any atom is -0.488 e. The second-order valence-electron chi connectivity index (χ2n) is 7.16. The highest BCUT2D eigenvalue weighted by atomic mass is 16.6. The number of carbonyl (C=O) groups is 1. The van der Waals surface area contributed by atoms with Crippen molar-refractivity contribution < 1.29 is 14.3 Å². The molecule has 26 heavy (non-hydrogen) atoms. The molecule has 1 amide bonds. The molecule has 0 fully saturated rings. The van der Waals surface area contributed by atoms with E-state index in [4.69, 9.17) is 9.47 Å². The molecule has 0 atom stereocenters. The molecule has 0 spiro atoms. The van der Waals surface area contributed by atoms with Gasteiger partial charge in [-0.15, -0.1) is 0 Å². The lowest BCUT2D eigenvalue weighted by Crippen LogP contribution is -2.36. The van der Waals surface area contributed by atoms with Gasteiger partial charge >= 0.3 is 6.09 Å². The lowest BCUT2D eigenvalue weighted by molar-refractivity contribution is 0.0526. The van der Waals surface area contributed by atoms with Gasteiger partial charge in [-0.2, -0.15) is 0 Å². The van der Waals surface area contributed by atoms with Crippen molar-refractivity contribution in [3.63, 3.8) is 0 Å². The number of amides is 1. The summed E-state index contributed by atoms with van der Waals surface area (Å²) in [5.41, 5.74) is -1.25. The van der Waals surface area contributed by atoms with Crippen LogP contribution in [-0.4, -0.2) is 56.4 Å². The lowest BCUT2D eigenvalue weighted by Gasteiger charge is -2.20. The van der Waals surface area contributed by atoms with Crippen LogP contribution >= 0.6 is 0 Å². The van der Waals surface area contributed by atoms with Gasteiger partial charge in [0.2, 0.25) is 0 Å². The van der Waals surface area contributed by atoms with Crippen LogP contribution in [0.3, 0.4) is 0 Å². The predicted octanol–water partition coefficient (Wildman–Crippen LogP) is 1.33. The van der Waals surface area contributed by atoms with Gasteiger partial charge in [-0.3, -0.25) is 9.59 Å². The first-order chi connectivity index (χ1) is 12.2. The number of nitrogens with zero attached hydrogens (tertiary/aromatic N) is 1. The van der Waals surface area contributed by atoms with Crippen LogP contribution in [0.2, 0.25) is 0 Å². The molecular weight excluding hydrogens is 338 g/mol. The van der Waals surface area contributed by atoms with Gasteiger partial charge in [0.1, 0.15) is 11.3 Å². The van der Waals surface area contributed by atoms with Crippen LogP contribution < -0.4 is 26.2 Å². The van der Waals surface area contributed by atoms with Crippen molar-refractivity contribution in [2.45, 2.75) is 46.1 Å². The zero-order valence-corrected chi connectivity index (χ0v) is 16.4. The highest BCUT2D eigenvalue weighted by molar-refractivity contribution is 5.67. The van der Waals surface area contributed by atoms with Crippen molar-refractivity contribution in [3.05, 3.63) is 20.4 Å². The zero-order valence-electron chi connectivity index (χ0n) is 16.4. The monoisotopic (exact) mass is 369 g/mol. The number of hydrogen-bond donors (Lipinski definition) is 2. The van der Waals surface area contributed by atoms with Crippen LogP contribution in [0, 0.1) is 0 Å². The third-order valence-electron chi connectivity index (χ3n) is 3.56. The maximum Gasteiger partial charge on any atom is 0.407 e. The highest BCUT2D eigenvalue weighted by Gasteiger charge is 2.21. The summed E-state index contributed by atoms with van der Waals surface area (Å²) in [5.74, 6) is 0.152. The highest BCUT2D eigenvalue weighted by Crippen LogP contribution is 2.16. The van der Waals surface area contributed by atoms with E-state index in [0.717, 1.165) is 25.9 Å². The molecule has 1 aromatic carbocycles. The van der Waals surface area contributed by atoms with Gasteiger partial charge in [0, 0.05) is 13.1 Å². The van der Waals surface area contributed by atoms with Crippen molar-refractivity contribution in [2.24, 2.45) is 0 Å². The fourth-order valence-electron chi connectivity index (χ4n) is 2.34. The van der Waals surface area contributed by atoms with E-state index in [9.17, 15) is 14.4 Å². The molecule has 1 aromatic rings. The third kappa shape index (κ3) is 7.43. The second kappa shape index (κ2) is 10.2. The Bertz CT molecular complexity index is 644. The Hall–Kier alpha value is -2.09. The molecule has 8 nitrogen and oxygen atoms in total. The third-order valence-corrected chi connectivity index (χ3v) is 3.56. The summed E-state index contributed by atoms with van der Waals surface area (Å²) < 4.78 is 10.3. The molecule has 0 saturated heterocycles. The summed E-state index contributed by atoms with van der Waals surface area (Å²) >= 11 is 0. The fourth-order valence-corrected chi connectivity index (χ4v) is 2.34. The van der Waals surface area contributed by atoms with Crippen molar-refractivity contribution in [1.29, 1.82) is 0 Å². The molecule has 0 heterocycles. The molecule has 0 aliphatic carbocycles. The minimum atomic E-state index is -0.552. The maximum absolute atomic E-state index is 11.5. The Kier molecular flexibility index (Phi) is 8.57. The Morgan fingerprint density at radius 3 is 2.27 bits per heavy atom. The molecule has 0 saturated carbocycles. The number of nitrogens with one attached hydrogen (secondary N) is 2. The normalized spacial score (nSPS) is 11.6. The van der Waals surface area contributed by atoms with E-state index in [1.807, 2.05) is 27.8 Å². The van der Waals surface area contributed by atoms with Crippen LogP contribution in [0.4, 0.5) is 10.5 Å². The van der Waals surface area contributed by atoms with E-state index >= 15 is 0 Å². The van der Waals surface area contributed by atoms with Crippen LogP contribution in [0.25, 0.3) is 0 Å². The van der Waals surface area contributed by atoms with Gasteiger partial charge < -0.3 is 25.0 Å². The molecule has 1 rings (SSSR count). The minimum absolute atomic E-state index is 0.152. The van der Waals surface area contributed by atoms with Crippen molar-refractivity contribution >= 4 is 11.8 Å². The maximum atomic E-state index is 11.5. The van der Waals surface area contributed by atoms with E-state index in [0.29, 0.717) is 25.4 Å². The van der Waals surface area contributed by atoms with Crippen LogP contribution in [0.15, 0.2) is 9.59 Å². The van der Waals surface area contributed by atoms with Crippen LogP contribution in [0.5, 0.6) is 5.75 Å². The largest absolute Gasteiger partial charge is 0.488 e. The average Bonchev–Trinajstić information content (AvgIpc) is 2.55. The van der Waals surface area contributed by atoms with E-state index < -0.39 is 22.6 Å². The van der Waals surface area contributed by atoms with E-state index in [1.54, 1.807) is 6.92 Å². The summed E-state index contributed by atoms with van der Waals surface area (Å²) in [5, 5.41) is 5.71. The van der Waals surface area contributed by atoms with Gasteiger partial charge in [-0.25, -0.2) is 4.79 Å². The quantitative estimate of drug-likeness (QED) is 0.449. The standard InChI is InChI=1S/C18H31N3O5/c1-6-25-16-13(14(22)15(16)23)19-9-7-11-21(5)12-8-10-20-17(24)26-18(2,3)4/h19H,6-12H2,1-5H3,(H,20,24). The van der Waals surface area contributed by atoms with Gasteiger partial charge in [-0.05, 0) is 60.7 Å². The lowest BCUT2D eigenvalue weighted by atomic mass is 10.2. The van der Waals surface area contributed by atoms with E-state index in [-0.39, 0.29) is 5.75 Å². The molecule has 8 heteroatoms. The number of alkyl carbamates (subject to hydrolysis) is 1. The van der Waals surface area contributed by atoms with Crippen molar-refractivity contribution in [1.82, 2.24) is 10.2 Å². The smallest absolute Gasteiger partial charge is 0.407 e. The summed E-state index contributed by atoms with van der Waals surface area (Å²) in [6.07, 6.45) is 1.23. The second-order valence-corrected chi connectivity index (χ2v) is 7.16. The van der Waals surface area contributed by atoms with Gasteiger partial charge in [-0.1, -0.05) is 0 Å². The van der Waals surface area contributed by atoms with Crippen LogP contribution in [0.1, 0.15) is 40.5 Å². The Morgan fingerprint density at radius 1 is 1.08 bits per heavy atom. The first kappa shape index (κ1) is 22.0. The summed E-state index contributed by atoms with van der Waals surface area (Å²) in [4.78, 5) is 36.5. The first-order valence-corrected chi connectivity index (χ1v) is 9.01. The zero-order chi connectivity index (χ0) is 19.7. The molecule has 0 aliphatic rings. The molecule has 0 bridgehead atoms. The van der Waals surface area contributed by atoms with Gasteiger partial charge in [0.05, 0.1) is 6.61 Å². The van der Waals surface area contributed by atoms with Gasteiger partial charge in [0.15, 0.2) is 5.75 Å². The fraction of sp³-hybridized carbons (Fsp3) is 0.722. The molecule has 0 aliphatic heterocycles. The summed E-state index contributed by atoms with van der Waals surface area (Å²) in [7, 11) is 2.00. The van der Waals surface area contributed by atoms with Crippen molar-refractivity contribution in [3.8, 4) is 5.75 Å². The molecule has 0 radical (unpaired) electrons. The van der Waals surface area contributed by atoms with Crippen LogP contribution in [-0.2, 0) is 4.74 Å². The molecule has 148 valence electrons. The van der Waals surface area contributed by atoms with E-state index in [1.165, 1.54) is 0 Å². The number of hydrogen-bond acceptors (Lipinski definition) is 7. The predicted molar refractivity (Wildman–Crippen MR) is 102 cm³/mol. The number of rotatable bonds is 11. The Labute approximate surface area is 154 Å². The topological polar surface area (TPSA) is 97.0 Å². The number of anilines is 1. The summed E-state index contributed by atoms with van der Waals surface area (Å²) in [6, 6.07) is 0. The van der Waals surface area contributed by atoms with E-state index in [2.05, 4.69) is 15.5 Å². The summed E-state index contributed by atoms with van der Waals surface area (Å²) in [6.45, 7) is 10.4. The van der Waals surface area contributed by atoms with Crippen molar-refractivity contribution in [2.75, 3.05) is 45.2 Å². The number of ether oxygens (including phenoxy) is 2. The molecule has 0 unspecified atom stereocenters. The number of carbonyl (C=O) groups excluding carboxylic acids is 1. The Balaban J connectivity index is 2.13. The SMILES string of the molecule is CCOc1c(NCCCN(C)CCCNC(=O)OC(C)(C)C)c(=O)c1=O. The molecule has 2 N–H and O–H groups in total. The van der Waals surface area contributed by atoms with Gasteiger partial charge in [0.25, 0.3) is 10.9 Å². The first-order valence-electron chi connectivity index (χ1n) is 9.01. The Morgan fingerprint density at radius 2 is 1.69 bits per heavy atom. The molecular formula is C18H31N3O5. The average molecular weight is 369 g/mol.